The number of amides is 3. The lowest BCUT2D eigenvalue weighted by Crippen LogP contribution is -2.56. The molecular formula is C34H40N4O7. The zero-order chi connectivity index (χ0) is 30.9. The fraction of sp³-hybridized carbons (Fsp3) is 0.500. The molecule has 0 saturated carbocycles. The summed E-state index contributed by atoms with van der Waals surface area (Å²) >= 11 is 0. The third-order valence-corrected chi connectivity index (χ3v) is 9.40. The van der Waals surface area contributed by atoms with E-state index in [0.29, 0.717) is 38.4 Å². The predicted molar refractivity (Wildman–Crippen MR) is 165 cm³/mol. The number of ether oxygens (including phenoxy) is 4. The first-order valence-electron chi connectivity index (χ1n) is 16.0. The topological polar surface area (TPSA) is 103 Å². The SMILES string of the molecule is CN1C(=O)[C@@H]2CN(Cc3c2c2cc(OCCN4CCOCC4)ccc2n3Cc2ccc(C(=O)COC3CCCCO3)cc2)C1=O. The van der Waals surface area contributed by atoms with Crippen molar-refractivity contribution in [2.75, 3.05) is 66.3 Å². The van der Waals surface area contributed by atoms with Gasteiger partial charge in [0.15, 0.2) is 12.1 Å². The zero-order valence-corrected chi connectivity index (χ0v) is 25.7. The molecule has 2 bridgehead atoms. The quantitative estimate of drug-likeness (QED) is 0.319. The van der Waals surface area contributed by atoms with E-state index >= 15 is 0 Å². The summed E-state index contributed by atoms with van der Waals surface area (Å²) in [5, 5.41) is 0.975. The highest BCUT2D eigenvalue weighted by Crippen LogP contribution is 2.41. The monoisotopic (exact) mass is 616 g/mol. The van der Waals surface area contributed by atoms with Crippen molar-refractivity contribution >= 4 is 28.6 Å². The van der Waals surface area contributed by atoms with Crippen LogP contribution in [0.1, 0.15) is 52.4 Å². The maximum Gasteiger partial charge on any atom is 0.326 e. The molecule has 2 atom stereocenters. The molecular weight excluding hydrogens is 576 g/mol. The number of fused-ring (bicyclic) bond motifs is 6. The Morgan fingerprint density at radius 3 is 2.62 bits per heavy atom. The van der Waals surface area contributed by atoms with Gasteiger partial charge in [0.25, 0.3) is 0 Å². The molecule has 0 aliphatic carbocycles. The minimum absolute atomic E-state index is 0.00959. The second-order valence-corrected chi connectivity index (χ2v) is 12.3. The first kappa shape index (κ1) is 29.9. The molecule has 7 rings (SSSR count). The Hall–Kier alpha value is -3.77. The number of hydrogen-bond acceptors (Lipinski definition) is 8. The summed E-state index contributed by atoms with van der Waals surface area (Å²) in [7, 11) is 1.56. The first-order valence-corrected chi connectivity index (χ1v) is 16.0. The van der Waals surface area contributed by atoms with Gasteiger partial charge in [-0.1, -0.05) is 24.3 Å². The highest BCUT2D eigenvalue weighted by atomic mass is 16.7. The van der Waals surface area contributed by atoms with E-state index in [9.17, 15) is 14.4 Å². The van der Waals surface area contributed by atoms with Gasteiger partial charge in [-0.05, 0) is 48.6 Å². The number of rotatable bonds is 10. The molecule has 1 unspecified atom stereocenters. The largest absolute Gasteiger partial charge is 0.492 e. The van der Waals surface area contributed by atoms with Crippen molar-refractivity contribution in [1.29, 1.82) is 0 Å². The molecule has 3 amide bonds. The number of carbonyl (C=O) groups excluding carboxylic acids is 3. The number of benzene rings is 2. The standard InChI is InChI=1S/C34H40N4O7/c1-35-33(40)27-20-37(34(35)41)21-29-32(27)26-18-25(43-17-13-36-11-15-42-16-12-36)9-10-28(26)38(29)19-23-5-7-24(8-6-23)30(39)22-45-31-4-2-3-14-44-31/h5-10,18,27,31H,2-4,11-17,19-22H2,1H3/t27-,31?/m1/s1. The number of urea groups is 1. The lowest BCUT2D eigenvalue weighted by molar-refractivity contribution is -0.155. The average molecular weight is 617 g/mol. The molecule has 11 heteroatoms. The number of imide groups is 1. The smallest absolute Gasteiger partial charge is 0.326 e. The average Bonchev–Trinajstić information content (AvgIpc) is 3.38. The van der Waals surface area contributed by atoms with Gasteiger partial charge in [-0.3, -0.25) is 19.4 Å². The third kappa shape index (κ3) is 6.09. The summed E-state index contributed by atoms with van der Waals surface area (Å²) in [4.78, 5) is 44.4. The van der Waals surface area contributed by atoms with Crippen LogP contribution in [-0.4, -0.2) is 110 Å². The number of hydrogen-bond donors (Lipinski definition) is 0. The normalized spacial score (nSPS) is 22.2. The molecule has 2 aromatic carbocycles. The van der Waals surface area contributed by atoms with Crippen molar-refractivity contribution in [3.63, 3.8) is 0 Å². The van der Waals surface area contributed by atoms with Crippen LogP contribution >= 0.6 is 0 Å². The van der Waals surface area contributed by atoms with E-state index < -0.39 is 5.92 Å². The van der Waals surface area contributed by atoms with Gasteiger partial charge in [0, 0.05) is 68.5 Å². The van der Waals surface area contributed by atoms with E-state index in [1.54, 1.807) is 11.9 Å². The Morgan fingerprint density at radius 2 is 1.84 bits per heavy atom. The number of aromatic nitrogens is 1. The summed E-state index contributed by atoms with van der Waals surface area (Å²) < 4.78 is 25.1. The number of nitrogens with zero attached hydrogens (tertiary/aromatic N) is 4. The fourth-order valence-corrected chi connectivity index (χ4v) is 6.88. The Balaban J connectivity index is 1.14. The lowest BCUT2D eigenvalue weighted by Gasteiger charge is -2.41. The van der Waals surface area contributed by atoms with E-state index in [-0.39, 0.29) is 30.6 Å². The zero-order valence-electron chi connectivity index (χ0n) is 25.7. The summed E-state index contributed by atoms with van der Waals surface area (Å²) in [6, 6.07) is 13.4. The van der Waals surface area contributed by atoms with Crippen molar-refractivity contribution in [2.45, 2.75) is 44.6 Å². The first-order chi connectivity index (χ1) is 22.0. The van der Waals surface area contributed by atoms with Crippen LogP contribution in [0.2, 0.25) is 0 Å². The van der Waals surface area contributed by atoms with E-state index in [4.69, 9.17) is 18.9 Å². The number of morpholine rings is 1. The van der Waals surface area contributed by atoms with E-state index in [0.717, 1.165) is 85.6 Å². The third-order valence-electron chi connectivity index (χ3n) is 9.40. The molecule has 45 heavy (non-hydrogen) atoms. The molecule has 0 radical (unpaired) electrons. The van der Waals surface area contributed by atoms with Crippen LogP contribution in [0.25, 0.3) is 10.9 Å². The Bertz CT molecular complexity index is 1570. The number of ketones is 1. The second-order valence-electron chi connectivity index (χ2n) is 12.3. The molecule has 5 heterocycles. The molecule has 3 saturated heterocycles. The van der Waals surface area contributed by atoms with Gasteiger partial charge in [-0.2, -0.15) is 0 Å². The number of likely N-dealkylation sites (N-methyl/N-ethyl adjacent to an activating group) is 1. The van der Waals surface area contributed by atoms with Gasteiger partial charge >= 0.3 is 6.03 Å². The summed E-state index contributed by atoms with van der Waals surface area (Å²) in [6.07, 6.45) is 2.59. The van der Waals surface area contributed by atoms with Crippen molar-refractivity contribution < 1.29 is 33.3 Å². The summed E-state index contributed by atoms with van der Waals surface area (Å²) in [5.74, 6) is 0.0625. The van der Waals surface area contributed by atoms with Gasteiger partial charge < -0.3 is 28.4 Å². The maximum atomic E-state index is 13.4. The molecule has 4 aliphatic rings. The van der Waals surface area contributed by atoms with Crippen LogP contribution in [0.5, 0.6) is 5.75 Å². The van der Waals surface area contributed by atoms with E-state index in [2.05, 4.69) is 15.5 Å². The van der Waals surface area contributed by atoms with Gasteiger partial charge in [0.05, 0.1) is 25.7 Å². The molecule has 3 aromatic rings. The summed E-state index contributed by atoms with van der Waals surface area (Å²) in [6.45, 7) is 6.68. The van der Waals surface area contributed by atoms with Crippen LogP contribution in [-0.2, 0) is 32.1 Å². The fourth-order valence-electron chi connectivity index (χ4n) is 6.88. The maximum absolute atomic E-state index is 13.4. The van der Waals surface area contributed by atoms with E-state index in [1.807, 2.05) is 36.4 Å². The van der Waals surface area contributed by atoms with Gasteiger partial charge in [-0.25, -0.2) is 4.79 Å². The van der Waals surface area contributed by atoms with Crippen LogP contribution in [0, 0.1) is 0 Å². The highest BCUT2D eigenvalue weighted by molar-refractivity contribution is 6.04. The molecule has 1 aromatic heterocycles. The molecule has 0 spiro atoms. The molecule has 4 aliphatic heterocycles. The van der Waals surface area contributed by atoms with Crippen molar-refractivity contribution in [3.8, 4) is 5.75 Å². The van der Waals surface area contributed by atoms with Crippen LogP contribution in [0.4, 0.5) is 4.79 Å². The highest BCUT2D eigenvalue weighted by Gasteiger charge is 2.44. The van der Waals surface area contributed by atoms with Crippen molar-refractivity contribution in [3.05, 3.63) is 64.8 Å². The van der Waals surface area contributed by atoms with Crippen LogP contribution < -0.4 is 4.74 Å². The minimum atomic E-state index is -0.433. The van der Waals surface area contributed by atoms with Gasteiger partial charge in [0.1, 0.15) is 19.0 Å². The molecule has 0 N–H and O–H groups in total. The summed E-state index contributed by atoms with van der Waals surface area (Å²) in [5.41, 5.74) is 4.51. The Kier molecular flexibility index (Phi) is 8.59. The molecule has 238 valence electrons. The number of carbonyl (C=O) groups is 3. The second kappa shape index (κ2) is 12.9. The van der Waals surface area contributed by atoms with Crippen LogP contribution in [0.15, 0.2) is 42.5 Å². The predicted octanol–water partition coefficient (Wildman–Crippen LogP) is 3.62. The Labute approximate surface area is 262 Å². The number of Topliss-reactive ketones (excluding diaryl/α,β-unsaturated/α-hetero) is 1. The minimum Gasteiger partial charge on any atom is -0.492 e. The van der Waals surface area contributed by atoms with Gasteiger partial charge in [-0.15, -0.1) is 0 Å². The Morgan fingerprint density at radius 1 is 1.02 bits per heavy atom. The lowest BCUT2D eigenvalue weighted by atomic mass is 9.89. The van der Waals surface area contributed by atoms with E-state index in [1.165, 1.54) is 4.90 Å². The van der Waals surface area contributed by atoms with Crippen molar-refractivity contribution in [2.24, 2.45) is 0 Å². The van der Waals surface area contributed by atoms with Crippen LogP contribution in [0.3, 0.4) is 0 Å². The molecule has 3 fully saturated rings. The molecule has 11 nitrogen and oxygen atoms in total. The van der Waals surface area contributed by atoms with Crippen molar-refractivity contribution in [1.82, 2.24) is 19.3 Å². The van der Waals surface area contributed by atoms with Gasteiger partial charge in [0.2, 0.25) is 5.91 Å².